The molecule has 134 valence electrons. The van der Waals surface area contributed by atoms with Crippen LogP contribution in [0.15, 0.2) is 53.9 Å². The first kappa shape index (κ1) is 17.0. The van der Waals surface area contributed by atoms with Crippen molar-refractivity contribution in [2.75, 3.05) is 6.54 Å². The molecular formula is C20H20ClN3O2. The Morgan fingerprint density at radius 3 is 2.81 bits per heavy atom. The summed E-state index contributed by atoms with van der Waals surface area (Å²) in [6.07, 6.45) is 5.98. The Labute approximate surface area is 157 Å². The third-order valence-electron chi connectivity index (χ3n) is 4.71. The first-order valence-electron chi connectivity index (χ1n) is 8.86. The van der Waals surface area contributed by atoms with E-state index < -0.39 is 0 Å². The molecule has 0 saturated heterocycles. The van der Waals surface area contributed by atoms with E-state index in [0.29, 0.717) is 24.5 Å². The third kappa shape index (κ3) is 3.88. The zero-order valence-electron chi connectivity index (χ0n) is 14.3. The van der Waals surface area contributed by atoms with Crippen molar-refractivity contribution in [3.05, 3.63) is 64.9 Å². The lowest BCUT2D eigenvalue weighted by Crippen LogP contribution is -2.38. The summed E-state index contributed by atoms with van der Waals surface area (Å²) in [6, 6.07) is 11.5. The van der Waals surface area contributed by atoms with Crippen LogP contribution in [0.1, 0.15) is 30.4 Å². The SMILES string of the molecule is O=C(C1CC1)N(Cc1ccccc1Cl)CC1CC(c2cccnc2)=NO1. The lowest BCUT2D eigenvalue weighted by atomic mass is 10.1. The van der Waals surface area contributed by atoms with E-state index in [0.717, 1.165) is 29.7 Å². The van der Waals surface area contributed by atoms with Crippen molar-refractivity contribution in [1.82, 2.24) is 9.88 Å². The highest BCUT2D eigenvalue weighted by Gasteiger charge is 2.35. The summed E-state index contributed by atoms with van der Waals surface area (Å²) in [5.41, 5.74) is 2.79. The fourth-order valence-electron chi connectivity index (χ4n) is 3.13. The summed E-state index contributed by atoms with van der Waals surface area (Å²) in [5.74, 6) is 0.334. The van der Waals surface area contributed by atoms with Crippen LogP contribution in [0.25, 0.3) is 0 Å². The molecule has 5 nitrogen and oxygen atoms in total. The number of carbonyl (C=O) groups is 1. The molecule has 1 fully saturated rings. The maximum atomic E-state index is 12.7. The van der Waals surface area contributed by atoms with Gasteiger partial charge in [-0.15, -0.1) is 0 Å². The van der Waals surface area contributed by atoms with Crippen LogP contribution in [0, 0.1) is 5.92 Å². The average Bonchev–Trinajstić information content (AvgIpc) is 3.42. The topological polar surface area (TPSA) is 54.8 Å². The van der Waals surface area contributed by atoms with Gasteiger partial charge in [-0.25, -0.2) is 0 Å². The molecule has 1 aliphatic heterocycles. The normalized spacial score (nSPS) is 19.0. The maximum absolute atomic E-state index is 12.7. The number of carbonyl (C=O) groups excluding carboxylic acids is 1. The Kier molecular flexibility index (Phi) is 4.89. The van der Waals surface area contributed by atoms with Crippen LogP contribution in [-0.2, 0) is 16.2 Å². The molecule has 1 aromatic heterocycles. The van der Waals surface area contributed by atoms with E-state index in [-0.39, 0.29) is 17.9 Å². The van der Waals surface area contributed by atoms with Gasteiger partial charge in [0.05, 0.1) is 12.3 Å². The molecule has 2 aromatic rings. The highest BCUT2D eigenvalue weighted by Crippen LogP contribution is 2.32. The zero-order chi connectivity index (χ0) is 17.9. The maximum Gasteiger partial charge on any atom is 0.226 e. The van der Waals surface area contributed by atoms with E-state index in [1.54, 1.807) is 12.4 Å². The fourth-order valence-corrected chi connectivity index (χ4v) is 3.32. The van der Waals surface area contributed by atoms with E-state index in [9.17, 15) is 4.79 Å². The molecule has 1 saturated carbocycles. The molecule has 1 aromatic carbocycles. The van der Waals surface area contributed by atoms with Gasteiger partial charge in [-0.3, -0.25) is 9.78 Å². The van der Waals surface area contributed by atoms with Gasteiger partial charge in [0.2, 0.25) is 5.91 Å². The molecule has 1 atom stereocenters. The van der Waals surface area contributed by atoms with Crippen molar-refractivity contribution in [2.24, 2.45) is 11.1 Å². The number of hydrogen-bond acceptors (Lipinski definition) is 4. The molecule has 2 aliphatic rings. The third-order valence-corrected chi connectivity index (χ3v) is 5.08. The average molecular weight is 370 g/mol. The smallest absolute Gasteiger partial charge is 0.226 e. The predicted octanol–water partition coefficient (Wildman–Crippen LogP) is 3.67. The van der Waals surface area contributed by atoms with Gasteiger partial charge >= 0.3 is 0 Å². The quantitative estimate of drug-likeness (QED) is 0.780. The van der Waals surface area contributed by atoms with Gasteiger partial charge in [-0.1, -0.05) is 35.0 Å². The van der Waals surface area contributed by atoms with Crippen molar-refractivity contribution in [3.8, 4) is 0 Å². The minimum Gasteiger partial charge on any atom is -0.390 e. The number of hydrogen-bond donors (Lipinski definition) is 0. The van der Waals surface area contributed by atoms with Crippen LogP contribution in [0.5, 0.6) is 0 Å². The van der Waals surface area contributed by atoms with E-state index in [1.807, 2.05) is 41.3 Å². The van der Waals surface area contributed by atoms with Crippen molar-refractivity contribution in [3.63, 3.8) is 0 Å². The number of pyridine rings is 1. The minimum atomic E-state index is -0.143. The number of benzene rings is 1. The minimum absolute atomic E-state index is 0.143. The van der Waals surface area contributed by atoms with Gasteiger partial charge in [-0.05, 0) is 36.6 Å². The molecule has 1 aliphatic carbocycles. The molecule has 0 radical (unpaired) electrons. The van der Waals surface area contributed by atoms with Gasteiger partial charge in [0, 0.05) is 41.9 Å². The lowest BCUT2D eigenvalue weighted by molar-refractivity contribution is -0.135. The number of nitrogens with zero attached hydrogens (tertiary/aromatic N) is 3. The molecule has 1 unspecified atom stereocenters. The number of amides is 1. The highest BCUT2D eigenvalue weighted by atomic mass is 35.5. The number of halogens is 1. The molecule has 0 bridgehead atoms. The summed E-state index contributed by atoms with van der Waals surface area (Å²) >= 11 is 6.29. The predicted molar refractivity (Wildman–Crippen MR) is 99.9 cm³/mol. The van der Waals surface area contributed by atoms with Crippen LogP contribution in [0.3, 0.4) is 0 Å². The fraction of sp³-hybridized carbons (Fsp3) is 0.350. The molecule has 6 heteroatoms. The Hall–Kier alpha value is -2.40. The van der Waals surface area contributed by atoms with Gasteiger partial charge in [0.15, 0.2) is 6.10 Å². The summed E-state index contributed by atoms with van der Waals surface area (Å²) in [5, 5.41) is 4.88. The Morgan fingerprint density at radius 1 is 1.23 bits per heavy atom. The summed E-state index contributed by atoms with van der Waals surface area (Å²) in [4.78, 5) is 24.3. The van der Waals surface area contributed by atoms with Crippen LogP contribution < -0.4 is 0 Å². The van der Waals surface area contributed by atoms with Gasteiger partial charge in [-0.2, -0.15) is 0 Å². The van der Waals surface area contributed by atoms with Gasteiger partial charge < -0.3 is 9.74 Å². The molecule has 1 amide bonds. The van der Waals surface area contributed by atoms with Crippen molar-refractivity contribution in [2.45, 2.75) is 31.9 Å². The van der Waals surface area contributed by atoms with E-state index >= 15 is 0 Å². The van der Waals surface area contributed by atoms with Crippen molar-refractivity contribution in [1.29, 1.82) is 0 Å². The second-order valence-corrected chi connectivity index (χ2v) is 7.20. The van der Waals surface area contributed by atoms with Gasteiger partial charge in [0.25, 0.3) is 0 Å². The lowest BCUT2D eigenvalue weighted by Gasteiger charge is -2.25. The molecular weight excluding hydrogens is 350 g/mol. The molecule has 2 heterocycles. The number of oxime groups is 1. The largest absolute Gasteiger partial charge is 0.390 e. The Balaban J connectivity index is 1.44. The first-order valence-corrected chi connectivity index (χ1v) is 9.24. The van der Waals surface area contributed by atoms with Crippen LogP contribution >= 0.6 is 11.6 Å². The monoisotopic (exact) mass is 369 g/mol. The summed E-state index contributed by atoms with van der Waals surface area (Å²) in [7, 11) is 0. The number of rotatable bonds is 6. The molecule has 0 spiro atoms. The van der Waals surface area contributed by atoms with Crippen LogP contribution in [-0.4, -0.2) is 34.2 Å². The van der Waals surface area contributed by atoms with E-state index in [1.165, 1.54) is 0 Å². The number of aromatic nitrogens is 1. The zero-order valence-corrected chi connectivity index (χ0v) is 15.1. The second-order valence-electron chi connectivity index (χ2n) is 6.80. The van der Waals surface area contributed by atoms with E-state index in [2.05, 4.69) is 10.1 Å². The standard InChI is InChI=1S/C20H20ClN3O2/c21-18-6-2-1-4-16(18)12-24(20(25)14-7-8-14)13-17-10-19(23-26-17)15-5-3-9-22-11-15/h1-6,9,11,14,17H,7-8,10,12-13H2. The molecule has 4 rings (SSSR count). The second kappa shape index (κ2) is 7.46. The van der Waals surface area contributed by atoms with Crippen LogP contribution in [0.4, 0.5) is 0 Å². The molecule has 26 heavy (non-hydrogen) atoms. The Bertz CT molecular complexity index is 821. The van der Waals surface area contributed by atoms with Crippen molar-refractivity contribution >= 4 is 23.2 Å². The summed E-state index contributed by atoms with van der Waals surface area (Å²) < 4.78 is 0. The Morgan fingerprint density at radius 2 is 2.08 bits per heavy atom. The van der Waals surface area contributed by atoms with Crippen LogP contribution in [0.2, 0.25) is 5.02 Å². The highest BCUT2D eigenvalue weighted by molar-refractivity contribution is 6.31. The van der Waals surface area contributed by atoms with E-state index in [4.69, 9.17) is 16.4 Å². The first-order chi connectivity index (χ1) is 12.7. The van der Waals surface area contributed by atoms with Crippen molar-refractivity contribution < 1.29 is 9.63 Å². The summed E-state index contributed by atoms with van der Waals surface area (Å²) in [6.45, 7) is 1.00. The molecule has 0 N–H and O–H groups in total. The van der Waals surface area contributed by atoms with Gasteiger partial charge in [0.1, 0.15) is 0 Å².